The van der Waals surface area contributed by atoms with Crippen molar-refractivity contribution in [3.63, 3.8) is 0 Å². The van der Waals surface area contributed by atoms with Crippen LogP contribution in [0, 0.1) is 11.8 Å². The highest BCUT2D eigenvalue weighted by molar-refractivity contribution is 4.85. The van der Waals surface area contributed by atoms with Crippen LogP contribution in [0.25, 0.3) is 0 Å². The van der Waals surface area contributed by atoms with Gasteiger partial charge in [-0.15, -0.1) is 0 Å². The highest BCUT2D eigenvalue weighted by atomic mass is 16.5. The molecule has 0 saturated heterocycles. The molecule has 1 N–H and O–H groups in total. The standard InChI is InChI=1S/C13H27NO/c1-4-13(12-5-6-12)14-8-10-15-9-7-11(2)3/h11-14H,4-10H2,1-3H3. The van der Waals surface area contributed by atoms with E-state index < -0.39 is 0 Å². The first-order valence-electron chi connectivity index (χ1n) is 6.55. The minimum Gasteiger partial charge on any atom is -0.380 e. The fraction of sp³-hybridized carbons (Fsp3) is 1.00. The highest BCUT2D eigenvalue weighted by Crippen LogP contribution is 2.33. The van der Waals surface area contributed by atoms with Gasteiger partial charge in [0.15, 0.2) is 0 Å². The minimum atomic E-state index is 0.749. The third kappa shape index (κ3) is 6.16. The van der Waals surface area contributed by atoms with Crippen molar-refractivity contribution < 1.29 is 4.74 Å². The molecular formula is C13H27NO. The van der Waals surface area contributed by atoms with Crippen molar-refractivity contribution in [3.05, 3.63) is 0 Å². The Balaban J connectivity index is 1.87. The molecule has 90 valence electrons. The van der Waals surface area contributed by atoms with Crippen LogP contribution in [0.4, 0.5) is 0 Å². The summed E-state index contributed by atoms with van der Waals surface area (Å²) in [6.07, 6.45) is 5.30. The van der Waals surface area contributed by atoms with Crippen LogP contribution in [0.3, 0.4) is 0 Å². The zero-order chi connectivity index (χ0) is 11.1. The van der Waals surface area contributed by atoms with E-state index in [0.717, 1.165) is 37.6 Å². The van der Waals surface area contributed by atoms with Crippen molar-refractivity contribution in [1.29, 1.82) is 0 Å². The van der Waals surface area contributed by atoms with Crippen molar-refractivity contribution in [3.8, 4) is 0 Å². The van der Waals surface area contributed by atoms with Gasteiger partial charge in [-0.3, -0.25) is 0 Å². The van der Waals surface area contributed by atoms with Gasteiger partial charge in [-0.1, -0.05) is 20.8 Å². The SMILES string of the molecule is CCC(NCCOCCC(C)C)C1CC1. The first-order valence-corrected chi connectivity index (χ1v) is 6.55. The quantitative estimate of drug-likeness (QED) is 0.595. The molecule has 0 radical (unpaired) electrons. The van der Waals surface area contributed by atoms with Crippen LogP contribution in [0.5, 0.6) is 0 Å². The first-order chi connectivity index (χ1) is 7.24. The number of hydrogen-bond acceptors (Lipinski definition) is 2. The summed E-state index contributed by atoms with van der Waals surface area (Å²) in [5.74, 6) is 1.72. The molecule has 0 amide bonds. The molecule has 0 aromatic heterocycles. The lowest BCUT2D eigenvalue weighted by Gasteiger charge is -2.16. The molecular weight excluding hydrogens is 186 g/mol. The Morgan fingerprint density at radius 3 is 2.53 bits per heavy atom. The van der Waals surface area contributed by atoms with Gasteiger partial charge in [-0.25, -0.2) is 0 Å². The Kier molecular flexibility index (Phi) is 6.26. The predicted octanol–water partition coefficient (Wildman–Crippen LogP) is 2.83. The van der Waals surface area contributed by atoms with Crippen LogP contribution >= 0.6 is 0 Å². The maximum atomic E-state index is 5.58. The second-order valence-electron chi connectivity index (χ2n) is 5.10. The normalized spacial score (nSPS) is 18.4. The summed E-state index contributed by atoms with van der Waals surface area (Å²) >= 11 is 0. The monoisotopic (exact) mass is 213 g/mol. The smallest absolute Gasteiger partial charge is 0.0591 e. The molecule has 0 aliphatic heterocycles. The van der Waals surface area contributed by atoms with Crippen LogP contribution in [0.1, 0.15) is 46.5 Å². The molecule has 1 aliphatic carbocycles. The van der Waals surface area contributed by atoms with Crippen LogP contribution in [0.2, 0.25) is 0 Å². The molecule has 0 spiro atoms. The molecule has 2 nitrogen and oxygen atoms in total. The lowest BCUT2D eigenvalue weighted by Crippen LogP contribution is -2.33. The zero-order valence-corrected chi connectivity index (χ0v) is 10.6. The fourth-order valence-corrected chi connectivity index (χ4v) is 1.88. The molecule has 0 aromatic carbocycles. The topological polar surface area (TPSA) is 21.3 Å². The van der Waals surface area contributed by atoms with Crippen LogP contribution < -0.4 is 5.32 Å². The van der Waals surface area contributed by atoms with Crippen molar-refractivity contribution in [1.82, 2.24) is 5.32 Å². The van der Waals surface area contributed by atoms with E-state index in [1.165, 1.54) is 25.7 Å². The van der Waals surface area contributed by atoms with Gasteiger partial charge in [0.2, 0.25) is 0 Å². The van der Waals surface area contributed by atoms with Gasteiger partial charge in [0.1, 0.15) is 0 Å². The van der Waals surface area contributed by atoms with E-state index in [-0.39, 0.29) is 0 Å². The van der Waals surface area contributed by atoms with Gasteiger partial charge in [-0.05, 0) is 37.5 Å². The predicted molar refractivity (Wildman–Crippen MR) is 65.1 cm³/mol. The van der Waals surface area contributed by atoms with Gasteiger partial charge in [0.05, 0.1) is 6.61 Å². The second-order valence-corrected chi connectivity index (χ2v) is 5.10. The Labute approximate surface area is 94.8 Å². The first kappa shape index (κ1) is 13.0. The maximum Gasteiger partial charge on any atom is 0.0591 e. The van der Waals surface area contributed by atoms with E-state index >= 15 is 0 Å². The second kappa shape index (κ2) is 7.24. The third-order valence-corrected chi connectivity index (χ3v) is 3.12. The van der Waals surface area contributed by atoms with E-state index in [4.69, 9.17) is 4.74 Å². The van der Waals surface area contributed by atoms with Crippen LogP contribution in [-0.4, -0.2) is 25.8 Å². The van der Waals surface area contributed by atoms with Gasteiger partial charge in [0.25, 0.3) is 0 Å². The van der Waals surface area contributed by atoms with Crippen molar-refractivity contribution in [2.24, 2.45) is 11.8 Å². The molecule has 1 fully saturated rings. The number of nitrogens with one attached hydrogen (secondary N) is 1. The number of hydrogen-bond donors (Lipinski definition) is 1. The third-order valence-electron chi connectivity index (χ3n) is 3.12. The molecule has 1 saturated carbocycles. The highest BCUT2D eigenvalue weighted by Gasteiger charge is 2.29. The van der Waals surface area contributed by atoms with E-state index in [2.05, 4.69) is 26.1 Å². The van der Waals surface area contributed by atoms with Gasteiger partial charge in [0, 0.05) is 19.2 Å². The molecule has 1 aliphatic rings. The largest absolute Gasteiger partial charge is 0.380 e. The van der Waals surface area contributed by atoms with Gasteiger partial charge < -0.3 is 10.1 Å². The van der Waals surface area contributed by atoms with Gasteiger partial charge in [-0.2, -0.15) is 0 Å². The molecule has 1 rings (SSSR count). The number of rotatable bonds is 9. The summed E-state index contributed by atoms with van der Waals surface area (Å²) in [4.78, 5) is 0. The Bertz CT molecular complexity index is 155. The summed E-state index contributed by atoms with van der Waals surface area (Å²) in [5.41, 5.74) is 0. The zero-order valence-electron chi connectivity index (χ0n) is 10.6. The molecule has 1 unspecified atom stereocenters. The number of ether oxygens (including phenoxy) is 1. The van der Waals surface area contributed by atoms with Crippen LogP contribution in [0.15, 0.2) is 0 Å². The lowest BCUT2D eigenvalue weighted by molar-refractivity contribution is 0.122. The fourth-order valence-electron chi connectivity index (χ4n) is 1.88. The summed E-state index contributed by atoms with van der Waals surface area (Å²) in [5, 5.41) is 3.59. The van der Waals surface area contributed by atoms with Crippen molar-refractivity contribution >= 4 is 0 Å². The minimum absolute atomic E-state index is 0.749. The summed E-state index contributed by atoms with van der Waals surface area (Å²) in [7, 11) is 0. The van der Waals surface area contributed by atoms with E-state index in [1.807, 2.05) is 0 Å². The Morgan fingerprint density at radius 2 is 2.00 bits per heavy atom. The maximum absolute atomic E-state index is 5.58. The Morgan fingerprint density at radius 1 is 1.27 bits per heavy atom. The molecule has 2 heteroatoms. The van der Waals surface area contributed by atoms with E-state index in [0.29, 0.717) is 0 Å². The molecule has 1 atom stereocenters. The Hall–Kier alpha value is -0.0800. The molecule has 0 bridgehead atoms. The average molecular weight is 213 g/mol. The molecule has 0 heterocycles. The van der Waals surface area contributed by atoms with E-state index in [9.17, 15) is 0 Å². The van der Waals surface area contributed by atoms with Gasteiger partial charge >= 0.3 is 0 Å². The van der Waals surface area contributed by atoms with E-state index in [1.54, 1.807) is 0 Å². The van der Waals surface area contributed by atoms with Crippen molar-refractivity contribution in [2.75, 3.05) is 19.8 Å². The lowest BCUT2D eigenvalue weighted by atomic mass is 10.1. The summed E-state index contributed by atoms with van der Waals surface area (Å²) in [6.45, 7) is 9.56. The van der Waals surface area contributed by atoms with Crippen LogP contribution in [-0.2, 0) is 4.74 Å². The van der Waals surface area contributed by atoms with Crippen molar-refractivity contribution in [2.45, 2.75) is 52.5 Å². The summed E-state index contributed by atoms with van der Waals surface area (Å²) < 4.78 is 5.58. The average Bonchev–Trinajstić information content (AvgIpc) is 3.00. The molecule has 0 aromatic rings. The summed E-state index contributed by atoms with van der Waals surface area (Å²) in [6, 6.07) is 0.749. The molecule has 15 heavy (non-hydrogen) atoms.